The molecule has 1 atom stereocenters. The molecule has 1 fully saturated rings. The Hall–Kier alpha value is -1.03. The van der Waals surface area contributed by atoms with Crippen LogP contribution < -0.4 is 0 Å². The van der Waals surface area contributed by atoms with Crippen LogP contribution in [-0.4, -0.2) is 42.4 Å². The summed E-state index contributed by atoms with van der Waals surface area (Å²) in [5.41, 5.74) is 0. The first-order valence-electron chi connectivity index (χ1n) is 4.90. The number of carbonyl (C=O) groups is 1. The third-order valence-electron chi connectivity index (χ3n) is 2.38. The van der Waals surface area contributed by atoms with E-state index in [0.29, 0.717) is 32.2 Å². The van der Waals surface area contributed by atoms with Gasteiger partial charge in [0.1, 0.15) is 0 Å². The molecule has 1 aliphatic rings. The molecule has 4 heteroatoms. The molecule has 1 aliphatic heterocycles. The van der Waals surface area contributed by atoms with E-state index in [4.69, 9.17) is 9.84 Å². The van der Waals surface area contributed by atoms with Crippen LogP contribution in [0, 0.1) is 5.92 Å². The summed E-state index contributed by atoms with van der Waals surface area (Å²) >= 11 is 0. The maximum Gasteiger partial charge on any atom is 0.407 e. The summed E-state index contributed by atoms with van der Waals surface area (Å²) in [6.45, 7) is 6.00. The third-order valence-corrected chi connectivity index (χ3v) is 2.38. The number of rotatable bonds is 4. The van der Waals surface area contributed by atoms with E-state index in [-0.39, 0.29) is 0 Å². The minimum Gasteiger partial charge on any atom is -0.465 e. The van der Waals surface area contributed by atoms with E-state index in [1.165, 1.54) is 4.90 Å². The van der Waals surface area contributed by atoms with Crippen molar-refractivity contribution in [3.05, 3.63) is 12.7 Å². The molecular weight excluding hydrogens is 182 g/mol. The molecule has 4 nitrogen and oxygen atoms in total. The predicted octanol–water partition coefficient (Wildman–Crippen LogP) is 1.58. The maximum absolute atomic E-state index is 10.7. The van der Waals surface area contributed by atoms with Crippen LogP contribution in [0.5, 0.6) is 0 Å². The van der Waals surface area contributed by atoms with E-state index >= 15 is 0 Å². The van der Waals surface area contributed by atoms with Crippen molar-refractivity contribution in [2.24, 2.45) is 5.92 Å². The Morgan fingerprint density at radius 1 is 1.71 bits per heavy atom. The normalized spacial score (nSPS) is 22.0. The smallest absolute Gasteiger partial charge is 0.407 e. The average molecular weight is 199 g/mol. The number of ether oxygens (including phenoxy) is 1. The molecule has 0 saturated carbocycles. The Balaban J connectivity index is 2.25. The number of likely N-dealkylation sites (tertiary alicyclic amines) is 1. The van der Waals surface area contributed by atoms with E-state index in [0.717, 1.165) is 12.8 Å². The lowest BCUT2D eigenvalue weighted by Crippen LogP contribution is -2.40. The van der Waals surface area contributed by atoms with Crippen molar-refractivity contribution >= 4 is 6.09 Å². The number of piperidine rings is 1. The van der Waals surface area contributed by atoms with Crippen LogP contribution in [0.3, 0.4) is 0 Å². The van der Waals surface area contributed by atoms with Gasteiger partial charge in [0.15, 0.2) is 0 Å². The molecule has 0 unspecified atom stereocenters. The van der Waals surface area contributed by atoms with Crippen LogP contribution in [0.25, 0.3) is 0 Å². The fourth-order valence-corrected chi connectivity index (χ4v) is 1.69. The number of amides is 1. The van der Waals surface area contributed by atoms with Gasteiger partial charge in [-0.2, -0.15) is 0 Å². The highest BCUT2D eigenvalue weighted by molar-refractivity contribution is 5.65. The highest BCUT2D eigenvalue weighted by atomic mass is 16.5. The zero-order valence-electron chi connectivity index (χ0n) is 8.32. The van der Waals surface area contributed by atoms with Crippen molar-refractivity contribution in [3.63, 3.8) is 0 Å². The quantitative estimate of drug-likeness (QED) is 0.552. The van der Waals surface area contributed by atoms with E-state index in [9.17, 15) is 4.79 Å². The highest BCUT2D eigenvalue weighted by Crippen LogP contribution is 2.16. The molecule has 0 bridgehead atoms. The molecule has 0 aromatic rings. The summed E-state index contributed by atoms with van der Waals surface area (Å²) in [5, 5.41) is 8.80. The van der Waals surface area contributed by atoms with Gasteiger partial charge >= 0.3 is 6.09 Å². The molecule has 1 N–H and O–H groups in total. The maximum atomic E-state index is 10.7. The van der Waals surface area contributed by atoms with E-state index < -0.39 is 6.09 Å². The van der Waals surface area contributed by atoms with Gasteiger partial charge in [-0.1, -0.05) is 6.08 Å². The molecule has 0 aromatic carbocycles. The van der Waals surface area contributed by atoms with Crippen LogP contribution in [0.1, 0.15) is 12.8 Å². The highest BCUT2D eigenvalue weighted by Gasteiger charge is 2.22. The minimum absolute atomic E-state index is 0.347. The minimum atomic E-state index is -0.821. The molecule has 0 aliphatic carbocycles. The van der Waals surface area contributed by atoms with Crippen LogP contribution in [-0.2, 0) is 4.74 Å². The van der Waals surface area contributed by atoms with Crippen molar-refractivity contribution in [2.45, 2.75) is 12.8 Å². The first-order valence-corrected chi connectivity index (χ1v) is 4.90. The standard InChI is InChI=1S/C10H17NO3/c1-2-6-14-8-9-4-3-5-11(7-9)10(12)13/h2,9H,1,3-8H2,(H,12,13)/t9-/m1/s1. The second-order valence-electron chi connectivity index (χ2n) is 3.56. The van der Waals surface area contributed by atoms with Gasteiger partial charge in [0.2, 0.25) is 0 Å². The lowest BCUT2D eigenvalue weighted by Gasteiger charge is -2.30. The SMILES string of the molecule is C=CCOC[C@@H]1CCCN(C(=O)O)C1. The Morgan fingerprint density at radius 3 is 3.14 bits per heavy atom. The van der Waals surface area contributed by atoms with Crippen LogP contribution >= 0.6 is 0 Å². The third kappa shape index (κ3) is 3.38. The lowest BCUT2D eigenvalue weighted by atomic mass is 9.99. The van der Waals surface area contributed by atoms with Crippen LogP contribution in [0.4, 0.5) is 4.79 Å². The largest absolute Gasteiger partial charge is 0.465 e. The van der Waals surface area contributed by atoms with Crippen LogP contribution in [0.15, 0.2) is 12.7 Å². The summed E-state index contributed by atoms with van der Waals surface area (Å²) in [6, 6.07) is 0. The second kappa shape index (κ2) is 5.65. The van der Waals surface area contributed by atoms with Crippen molar-refractivity contribution < 1.29 is 14.6 Å². The Labute approximate surface area is 84.2 Å². The van der Waals surface area contributed by atoms with Gasteiger partial charge in [-0.3, -0.25) is 0 Å². The Kier molecular flexibility index (Phi) is 4.46. The lowest BCUT2D eigenvalue weighted by molar-refractivity contribution is 0.0708. The summed E-state index contributed by atoms with van der Waals surface area (Å²) in [7, 11) is 0. The topological polar surface area (TPSA) is 49.8 Å². The molecule has 1 saturated heterocycles. The number of hydrogen-bond acceptors (Lipinski definition) is 2. The van der Waals surface area contributed by atoms with Crippen molar-refractivity contribution in [3.8, 4) is 0 Å². The number of nitrogens with zero attached hydrogens (tertiary/aromatic N) is 1. The molecule has 0 aromatic heterocycles. The van der Waals surface area contributed by atoms with Gasteiger partial charge in [0.05, 0.1) is 13.2 Å². The van der Waals surface area contributed by atoms with Gasteiger partial charge in [0.25, 0.3) is 0 Å². The summed E-state index contributed by atoms with van der Waals surface area (Å²) < 4.78 is 5.31. The van der Waals surface area contributed by atoms with Crippen LogP contribution in [0.2, 0.25) is 0 Å². The monoisotopic (exact) mass is 199 g/mol. The Morgan fingerprint density at radius 2 is 2.50 bits per heavy atom. The number of carboxylic acid groups (broad SMARTS) is 1. The number of hydrogen-bond donors (Lipinski definition) is 1. The van der Waals surface area contributed by atoms with Gasteiger partial charge in [-0.05, 0) is 12.8 Å². The fourth-order valence-electron chi connectivity index (χ4n) is 1.69. The van der Waals surface area contributed by atoms with Gasteiger partial charge in [-0.15, -0.1) is 6.58 Å². The second-order valence-corrected chi connectivity index (χ2v) is 3.56. The van der Waals surface area contributed by atoms with Crippen molar-refractivity contribution in [2.75, 3.05) is 26.3 Å². The van der Waals surface area contributed by atoms with Gasteiger partial charge < -0.3 is 14.7 Å². The molecule has 1 heterocycles. The predicted molar refractivity (Wildman–Crippen MR) is 53.3 cm³/mol. The van der Waals surface area contributed by atoms with Crippen molar-refractivity contribution in [1.29, 1.82) is 0 Å². The van der Waals surface area contributed by atoms with E-state index in [1.807, 2.05) is 0 Å². The summed E-state index contributed by atoms with van der Waals surface area (Å²) in [5.74, 6) is 0.347. The molecule has 1 amide bonds. The fraction of sp³-hybridized carbons (Fsp3) is 0.700. The zero-order valence-corrected chi connectivity index (χ0v) is 8.32. The molecule has 80 valence electrons. The Bertz CT molecular complexity index is 206. The first-order chi connectivity index (χ1) is 6.74. The molecule has 1 rings (SSSR count). The van der Waals surface area contributed by atoms with E-state index in [1.54, 1.807) is 6.08 Å². The van der Waals surface area contributed by atoms with E-state index in [2.05, 4.69) is 6.58 Å². The zero-order chi connectivity index (χ0) is 10.4. The van der Waals surface area contributed by atoms with Crippen molar-refractivity contribution in [1.82, 2.24) is 4.90 Å². The molecule has 0 spiro atoms. The first kappa shape index (κ1) is 11.0. The van der Waals surface area contributed by atoms with Gasteiger partial charge in [-0.25, -0.2) is 4.79 Å². The summed E-state index contributed by atoms with van der Waals surface area (Å²) in [6.07, 6.45) is 2.88. The average Bonchev–Trinajstić information content (AvgIpc) is 2.19. The molecular formula is C10H17NO3. The molecule has 0 radical (unpaired) electrons. The molecule has 14 heavy (non-hydrogen) atoms. The summed E-state index contributed by atoms with van der Waals surface area (Å²) in [4.78, 5) is 12.2. The van der Waals surface area contributed by atoms with Gasteiger partial charge in [0, 0.05) is 19.0 Å².